The Morgan fingerprint density at radius 1 is 1.37 bits per heavy atom. The molecular formula is C21H19ClF2N2O. The second kappa shape index (κ2) is 8.49. The highest BCUT2D eigenvalue weighted by Gasteiger charge is 2.21. The maximum atomic E-state index is 13.0. The third-order valence-electron chi connectivity index (χ3n) is 4.24. The van der Waals surface area contributed by atoms with Crippen molar-refractivity contribution in [2.24, 2.45) is 5.92 Å². The smallest absolute Gasteiger partial charge is 0.281 e. The van der Waals surface area contributed by atoms with E-state index in [9.17, 15) is 13.6 Å². The Morgan fingerprint density at radius 2 is 2.15 bits per heavy atom. The maximum Gasteiger partial charge on any atom is 0.281 e. The summed E-state index contributed by atoms with van der Waals surface area (Å²) in [6.45, 7) is 1.80. The predicted octanol–water partition coefficient (Wildman–Crippen LogP) is 4.80. The molecule has 1 unspecified atom stereocenters. The fourth-order valence-corrected chi connectivity index (χ4v) is 2.93. The van der Waals surface area contributed by atoms with Crippen LogP contribution in [0.2, 0.25) is 5.02 Å². The molecule has 1 amide bonds. The van der Waals surface area contributed by atoms with Crippen LogP contribution in [0.4, 0.5) is 8.78 Å². The standard InChI is InChI=1S/C21H19ClF2N2O/c1-13(26-21(27)17-3-2-10-25-19(17)20(23)24)11-16-9-8-15(12-18(16)22)7-6-14-4-5-14/h2-3,8-10,12-14,20H,4-5,11H2,1H3,(H,26,27). The number of carbonyl (C=O) groups excluding carboxylic acids is 1. The molecule has 1 heterocycles. The van der Waals surface area contributed by atoms with Crippen LogP contribution < -0.4 is 5.32 Å². The number of hydrogen-bond acceptors (Lipinski definition) is 2. The summed E-state index contributed by atoms with van der Waals surface area (Å²) in [5.41, 5.74) is 1.10. The summed E-state index contributed by atoms with van der Waals surface area (Å²) in [5, 5.41) is 3.31. The van der Waals surface area contributed by atoms with Crippen LogP contribution in [0.5, 0.6) is 0 Å². The number of hydrogen-bond donors (Lipinski definition) is 1. The zero-order valence-corrected chi connectivity index (χ0v) is 15.6. The molecule has 1 aromatic carbocycles. The lowest BCUT2D eigenvalue weighted by Gasteiger charge is -2.16. The van der Waals surface area contributed by atoms with Gasteiger partial charge in [0.1, 0.15) is 5.69 Å². The largest absolute Gasteiger partial charge is 0.349 e. The van der Waals surface area contributed by atoms with Crippen LogP contribution in [-0.4, -0.2) is 16.9 Å². The van der Waals surface area contributed by atoms with Crippen LogP contribution in [0.15, 0.2) is 36.5 Å². The minimum absolute atomic E-state index is 0.115. The molecule has 3 rings (SSSR count). The van der Waals surface area contributed by atoms with Crippen molar-refractivity contribution in [2.45, 2.75) is 38.7 Å². The Balaban J connectivity index is 1.64. The van der Waals surface area contributed by atoms with Crippen molar-refractivity contribution < 1.29 is 13.6 Å². The molecule has 0 aliphatic heterocycles. The van der Waals surface area contributed by atoms with Gasteiger partial charge in [-0.05, 0) is 56.0 Å². The van der Waals surface area contributed by atoms with Crippen LogP contribution in [0, 0.1) is 17.8 Å². The van der Waals surface area contributed by atoms with Crippen molar-refractivity contribution >= 4 is 17.5 Å². The Bertz CT molecular complexity index is 901. The van der Waals surface area contributed by atoms with E-state index in [1.165, 1.54) is 31.2 Å². The lowest BCUT2D eigenvalue weighted by atomic mass is 10.0. The van der Waals surface area contributed by atoms with Gasteiger partial charge in [0.15, 0.2) is 0 Å². The van der Waals surface area contributed by atoms with E-state index in [0.717, 1.165) is 11.1 Å². The number of rotatable bonds is 5. The quantitative estimate of drug-likeness (QED) is 0.748. The zero-order chi connectivity index (χ0) is 19.4. The molecule has 140 valence electrons. The van der Waals surface area contributed by atoms with Gasteiger partial charge in [0.05, 0.1) is 5.56 Å². The molecule has 1 aliphatic rings. The predicted molar refractivity (Wildman–Crippen MR) is 101 cm³/mol. The van der Waals surface area contributed by atoms with E-state index < -0.39 is 18.0 Å². The molecule has 1 saturated carbocycles. The number of pyridine rings is 1. The van der Waals surface area contributed by atoms with Crippen molar-refractivity contribution in [3.8, 4) is 11.8 Å². The molecule has 0 radical (unpaired) electrons. The monoisotopic (exact) mass is 388 g/mol. The number of halogens is 3. The molecule has 0 saturated heterocycles. The van der Waals surface area contributed by atoms with Gasteiger partial charge in [0, 0.05) is 28.7 Å². The molecule has 2 aromatic rings. The molecule has 1 N–H and O–H groups in total. The summed E-state index contributed by atoms with van der Waals surface area (Å²) in [5.74, 6) is 6.25. The van der Waals surface area contributed by atoms with Gasteiger partial charge in [0.2, 0.25) is 0 Å². The zero-order valence-electron chi connectivity index (χ0n) is 14.8. The van der Waals surface area contributed by atoms with Crippen molar-refractivity contribution in [1.29, 1.82) is 0 Å². The molecule has 3 nitrogen and oxygen atoms in total. The summed E-state index contributed by atoms with van der Waals surface area (Å²) >= 11 is 6.34. The van der Waals surface area contributed by atoms with E-state index in [1.54, 1.807) is 6.92 Å². The van der Waals surface area contributed by atoms with Crippen LogP contribution in [0.3, 0.4) is 0 Å². The van der Waals surface area contributed by atoms with Gasteiger partial charge in [-0.25, -0.2) is 8.78 Å². The number of carbonyl (C=O) groups is 1. The van der Waals surface area contributed by atoms with Gasteiger partial charge in [0.25, 0.3) is 12.3 Å². The van der Waals surface area contributed by atoms with Crippen LogP contribution in [-0.2, 0) is 6.42 Å². The second-order valence-corrected chi connectivity index (χ2v) is 7.07. The van der Waals surface area contributed by atoms with Crippen molar-refractivity contribution in [2.75, 3.05) is 0 Å². The molecule has 27 heavy (non-hydrogen) atoms. The first-order valence-corrected chi connectivity index (χ1v) is 9.15. The van der Waals surface area contributed by atoms with Gasteiger partial charge < -0.3 is 5.32 Å². The summed E-state index contributed by atoms with van der Waals surface area (Å²) in [7, 11) is 0. The first kappa shape index (κ1) is 19.3. The van der Waals surface area contributed by atoms with E-state index in [2.05, 4.69) is 22.1 Å². The van der Waals surface area contributed by atoms with Gasteiger partial charge in [-0.15, -0.1) is 0 Å². The van der Waals surface area contributed by atoms with Gasteiger partial charge in [-0.2, -0.15) is 0 Å². The Morgan fingerprint density at radius 3 is 2.81 bits per heavy atom. The number of nitrogens with one attached hydrogen (secondary N) is 1. The van der Waals surface area contributed by atoms with Gasteiger partial charge in [-0.3, -0.25) is 9.78 Å². The SMILES string of the molecule is CC(Cc1ccc(C#CC2CC2)cc1Cl)NC(=O)c1cccnc1C(F)F. The molecule has 0 spiro atoms. The van der Waals surface area contributed by atoms with Gasteiger partial charge >= 0.3 is 0 Å². The molecular weight excluding hydrogens is 370 g/mol. The Kier molecular flexibility index (Phi) is 6.08. The molecule has 1 atom stereocenters. The van der Waals surface area contributed by atoms with Crippen molar-refractivity contribution in [3.63, 3.8) is 0 Å². The van der Waals surface area contributed by atoms with Crippen molar-refractivity contribution in [3.05, 3.63) is 63.9 Å². The number of benzene rings is 1. The highest BCUT2D eigenvalue weighted by atomic mass is 35.5. The first-order valence-electron chi connectivity index (χ1n) is 8.78. The van der Waals surface area contributed by atoms with E-state index in [0.29, 0.717) is 17.4 Å². The summed E-state index contributed by atoms with van der Waals surface area (Å²) in [6.07, 6.45) is 1.25. The van der Waals surface area contributed by atoms with E-state index in [-0.39, 0.29) is 11.6 Å². The number of aromatic nitrogens is 1. The molecule has 0 bridgehead atoms. The average Bonchev–Trinajstić information content (AvgIpc) is 3.46. The molecule has 6 heteroatoms. The van der Waals surface area contributed by atoms with Crippen molar-refractivity contribution in [1.82, 2.24) is 10.3 Å². The fraction of sp³-hybridized carbons (Fsp3) is 0.333. The Labute approximate surface area is 162 Å². The van der Waals surface area contributed by atoms with E-state index in [4.69, 9.17) is 11.6 Å². The normalized spacial score (nSPS) is 14.4. The Hall–Kier alpha value is -2.45. The van der Waals surface area contributed by atoms with Gasteiger partial charge in [-0.1, -0.05) is 29.5 Å². The lowest BCUT2D eigenvalue weighted by Crippen LogP contribution is -2.34. The first-order chi connectivity index (χ1) is 12.9. The fourth-order valence-electron chi connectivity index (χ4n) is 2.67. The minimum Gasteiger partial charge on any atom is -0.349 e. The lowest BCUT2D eigenvalue weighted by molar-refractivity contribution is 0.0923. The maximum absolute atomic E-state index is 13.0. The number of nitrogens with zero attached hydrogens (tertiary/aromatic N) is 1. The second-order valence-electron chi connectivity index (χ2n) is 6.67. The highest BCUT2D eigenvalue weighted by Crippen LogP contribution is 2.28. The summed E-state index contributed by atoms with van der Waals surface area (Å²) in [4.78, 5) is 15.9. The number of alkyl halides is 2. The summed E-state index contributed by atoms with van der Waals surface area (Å²) in [6, 6.07) is 8.12. The molecule has 1 aromatic heterocycles. The summed E-state index contributed by atoms with van der Waals surface area (Å²) < 4.78 is 26.0. The van der Waals surface area contributed by atoms with Crippen LogP contribution in [0.25, 0.3) is 0 Å². The molecule has 1 fully saturated rings. The average molecular weight is 389 g/mol. The molecule has 1 aliphatic carbocycles. The van der Waals surface area contributed by atoms with E-state index >= 15 is 0 Å². The minimum atomic E-state index is -2.80. The van der Waals surface area contributed by atoms with Crippen LogP contribution in [0.1, 0.15) is 53.4 Å². The highest BCUT2D eigenvalue weighted by molar-refractivity contribution is 6.31. The van der Waals surface area contributed by atoms with Crippen LogP contribution >= 0.6 is 11.6 Å². The third kappa shape index (κ3) is 5.27. The number of amides is 1. The topological polar surface area (TPSA) is 42.0 Å². The van der Waals surface area contributed by atoms with E-state index in [1.807, 2.05) is 18.2 Å². The third-order valence-corrected chi connectivity index (χ3v) is 4.60.